The first-order valence-electron chi connectivity index (χ1n) is 6.27. The summed E-state index contributed by atoms with van der Waals surface area (Å²) in [5.41, 5.74) is 0.374. The second-order valence-electron chi connectivity index (χ2n) is 4.47. The molecule has 0 aliphatic heterocycles. The van der Waals surface area contributed by atoms with Crippen LogP contribution in [0.1, 0.15) is 5.89 Å². The molecule has 11 heteroatoms. The molecule has 0 aliphatic carbocycles. The Balaban J connectivity index is 1.76. The van der Waals surface area contributed by atoms with Gasteiger partial charge in [0.05, 0.1) is 9.85 Å². The van der Waals surface area contributed by atoms with Crippen LogP contribution in [-0.4, -0.2) is 29.8 Å². The molecule has 0 bridgehead atoms. The fraction of sp³-hybridized carbons (Fsp3) is 0.0833. The van der Waals surface area contributed by atoms with E-state index in [0.29, 0.717) is 5.56 Å². The van der Waals surface area contributed by atoms with E-state index >= 15 is 0 Å². The third kappa shape index (κ3) is 3.02. The third-order valence-electron chi connectivity index (χ3n) is 2.93. The van der Waals surface area contributed by atoms with Crippen molar-refractivity contribution in [2.45, 2.75) is 6.54 Å². The van der Waals surface area contributed by atoms with Gasteiger partial charge in [0.15, 0.2) is 0 Å². The lowest BCUT2D eigenvalue weighted by atomic mass is 10.2. The lowest BCUT2D eigenvalue weighted by molar-refractivity contribution is -0.385. The number of nitrogens with zero attached hydrogens (tertiary/aromatic N) is 6. The maximum atomic E-state index is 10.6. The first-order valence-corrected chi connectivity index (χ1v) is 6.27. The highest BCUT2D eigenvalue weighted by Crippen LogP contribution is 2.20. The average Bonchev–Trinajstić information content (AvgIpc) is 3.17. The molecule has 0 saturated carbocycles. The maximum absolute atomic E-state index is 10.6. The van der Waals surface area contributed by atoms with Crippen LogP contribution in [0, 0.1) is 20.2 Å². The molecule has 3 rings (SSSR count). The van der Waals surface area contributed by atoms with E-state index in [1.54, 1.807) is 0 Å². The second kappa shape index (κ2) is 5.63. The molecule has 0 unspecified atom stereocenters. The topological polar surface area (TPSA) is 143 Å². The van der Waals surface area contributed by atoms with E-state index in [4.69, 9.17) is 4.52 Å². The first kappa shape index (κ1) is 14.3. The standard InChI is InChI=1S/C12H8N6O5/c19-17(20)9-3-1-8(2-4-9)12-14-11(23-15-12)7-16-6-10(5-13-16)18(21)22/h1-6H,7H2. The van der Waals surface area contributed by atoms with Crippen LogP contribution in [0.5, 0.6) is 0 Å². The summed E-state index contributed by atoms with van der Waals surface area (Å²) in [6.07, 6.45) is 2.36. The van der Waals surface area contributed by atoms with E-state index < -0.39 is 9.85 Å². The molecule has 0 fully saturated rings. The van der Waals surface area contributed by atoms with Gasteiger partial charge >= 0.3 is 5.69 Å². The van der Waals surface area contributed by atoms with Gasteiger partial charge in [-0.1, -0.05) is 5.16 Å². The molecule has 116 valence electrons. The molecular weight excluding hydrogens is 308 g/mol. The zero-order valence-corrected chi connectivity index (χ0v) is 11.4. The Bertz CT molecular complexity index is 868. The summed E-state index contributed by atoms with van der Waals surface area (Å²) in [5, 5.41) is 28.8. The van der Waals surface area contributed by atoms with Crippen LogP contribution in [-0.2, 0) is 6.54 Å². The van der Waals surface area contributed by atoms with Crippen molar-refractivity contribution in [1.82, 2.24) is 19.9 Å². The van der Waals surface area contributed by atoms with Crippen molar-refractivity contribution in [2.75, 3.05) is 0 Å². The summed E-state index contributed by atoms with van der Waals surface area (Å²) in [5.74, 6) is 0.466. The third-order valence-corrected chi connectivity index (χ3v) is 2.93. The average molecular weight is 316 g/mol. The molecule has 0 spiro atoms. The summed E-state index contributed by atoms with van der Waals surface area (Å²) < 4.78 is 6.34. The van der Waals surface area contributed by atoms with E-state index in [1.807, 2.05) is 0 Å². The smallest absolute Gasteiger partial charge is 0.307 e. The molecule has 3 aromatic rings. The Hall–Kier alpha value is -3.63. The SMILES string of the molecule is O=[N+]([O-])c1ccc(-c2noc(Cn3cc([N+](=O)[O-])cn3)n2)cc1. The number of nitro benzene ring substituents is 1. The van der Waals surface area contributed by atoms with Gasteiger partial charge < -0.3 is 4.52 Å². The van der Waals surface area contributed by atoms with E-state index in [1.165, 1.54) is 35.1 Å². The number of hydrogen-bond acceptors (Lipinski definition) is 8. The highest BCUT2D eigenvalue weighted by molar-refractivity contribution is 5.56. The van der Waals surface area contributed by atoms with Crippen LogP contribution in [0.4, 0.5) is 11.4 Å². The van der Waals surface area contributed by atoms with E-state index in [-0.39, 0.29) is 29.6 Å². The van der Waals surface area contributed by atoms with Gasteiger partial charge in [-0.15, -0.1) is 0 Å². The number of aromatic nitrogens is 4. The molecule has 2 heterocycles. The van der Waals surface area contributed by atoms with Gasteiger partial charge in [0.25, 0.3) is 5.69 Å². The molecule has 11 nitrogen and oxygen atoms in total. The maximum Gasteiger partial charge on any atom is 0.307 e. The molecule has 2 aromatic heterocycles. The normalized spacial score (nSPS) is 10.6. The molecule has 0 atom stereocenters. The van der Waals surface area contributed by atoms with Crippen molar-refractivity contribution in [3.8, 4) is 11.4 Å². The van der Waals surface area contributed by atoms with Gasteiger partial charge in [0.1, 0.15) is 18.9 Å². The Morgan fingerprint density at radius 3 is 2.39 bits per heavy atom. The van der Waals surface area contributed by atoms with E-state index in [0.717, 1.165) is 6.20 Å². The number of non-ortho nitro benzene ring substituents is 1. The summed E-state index contributed by atoms with van der Waals surface area (Å²) in [6.45, 7) is 0.0772. The summed E-state index contributed by atoms with van der Waals surface area (Å²) in [4.78, 5) is 24.3. The zero-order chi connectivity index (χ0) is 16.4. The van der Waals surface area contributed by atoms with Gasteiger partial charge in [-0.05, 0) is 12.1 Å². The number of benzene rings is 1. The van der Waals surface area contributed by atoms with Crippen molar-refractivity contribution in [3.63, 3.8) is 0 Å². The molecular formula is C12H8N6O5. The molecule has 0 amide bonds. The van der Waals surface area contributed by atoms with Gasteiger partial charge in [-0.3, -0.25) is 24.9 Å². The van der Waals surface area contributed by atoms with Gasteiger partial charge in [-0.2, -0.15) is 10.1 Å². The Kier molecular flexibility index (Phi) is 3.51. The minimum absolute atomic E-state index is 0.0404. The molecule has 0 aliphatic rings. The molecule has 0 saturated heterocycles. The van der Waals surface area contributed by atoms with Crippen LogP contribution in [0.25, 0.3) is 11.4 Å². The van der Waals surface area contributed by atoms with Crippen molar-refractivity contribution >= 4 is 11.4 Å². The largest absolute Gasteiger partial charge is 0.337 e. The lowest BCUT2D eigenvalue weighted by Gasteiger charge is -1.94. The first-order chi connectivity index (χ1) is 11.0. The van der Waals surface area contributed by atoms with Gasteiger partial charge in [0.2, 0.25) is 11.7 Å². The van der Waals surface area contributed by atoms with Crippen LogP contribution in [0.2, 0.25) is 0 Å². The number of rotatable bonds is 5. The minimum Gasteiger partial charge on any atom is -0.337 e. The Labute approximate surface area is 127 Å². The lowest BCUT2D eigenvalue weighted by Crippen LogP contribution is -2.00. The fourth-order valence-corrected chi connectivity index (χ4v) is 1.84. The molecule has 1 aromatic carbocycles. The van der Waals surface area contributed by atoms with Gasteiger partial charge in [-0.25, -0.2) is 0 Å². The van der Waals surface area contributed by atoms with Crippen molar-refractivity contribution in [3.05, 3.63) is 62.8 Å². The minimum atomic E-state index is -0.556. The molecule has 0 N–H and O–H groups in total. The van der Waals surface area contributed by atoms with E-state index in [2.05, 4.69) is 15.2 Å². The van der Waals surface area contributed by atoms with Crippen LogP contribution >= 0.6 is 0 Å². The monoisotopic (exact) mass is 316 g/mol. The van der Waals surface area contributed by atoms with Crippen LogP contribution < -0.4 is 0 Å². The number of hydrogen-bond donors (Lipinski definition) is 0. The quantitative estimate of drug-likeness (QED) is 0.512. The van der Waals surface area contributed by atoms with Crippen LogP contribution in [0.15, 0.2) is 41.2 Å². The number of nitro groups is 2. The predicted octanol–water partition coefficient (Wildman–Crippen LogP) is 1.80. The molecule has 23 heavy (non-hydrogen) atoms. The Morgan fingerprint density at radius 2 is 1.78 bits per heavy atom. The zero-order valence-electron chi connectivity index (χ0n) is 11.4. The van der Waals surface area contributed by atoms with Crippen molar-refractivity contribution in [1.29, 1.82) is 0 Å². The molecule has 0 radical (unpaired) electrons. The predicted molar refractivity (Wildman–Crippen MR) is 74.4 cm³/mol. The van der Waals surface area contributed by atoms with E-state index in [9.17, 15) is 20.2 Å². The Morgan fingerprint density at radius 1 is 1.09 bits per heavy atom. The highest BCUT2D eigenvalue weighted by Gasteiger charge is 2.14. The summed E-state index contributed by atoms with van der Waals surface area (Å²) in [6, 6.07) is 5.68. The van der Waals surface area contributed by atoms with Crippen molar-refractivity contribution < 1.29 is 14.4 Å². The summed E-state index contributed by atoms with van der Waals surface area (Å²) in [7, 11) is 0. The van der Waals surface area contributed by atoms with Crippen LogP contribution in [0.3, 0.4) is 0 Å². The summed E-state index contributed by atoms with van der Waals surface area (Å²) >= 11 is 0. The van der Waals surface area contributed by atoms with Gasteiger partial charge in [0, 0.05) is 17.7 Å². The second-order valence-corrected chi connectivity index (χ2v) is 4.47. The van der Waals surface area contributed by atoms with Crippen molar-refractivity contribution in [2.24, 2.45) is 0 Å². The fourth-order valence-electron chi connectivity index (χ4n) is 1.84. The highest BCUT2D eigenvalue weighted by atomic mass is 16.6.